The van der Waals surface area contributed by atoms with Gasteiger partial charge in [-0.05, 0) is 24.1 Å². The molecule has 0 saturated carbocycles. The number of hydrogen-bond acceptors (Lipinski definition) is 3. The molecule has 4 N–H and O–H groups in total. The molecule has 0 heterocycles. The van der Waals surface area contributed by atoms with Crippen molar-refractivity contribution in [2.45, 2.75) is 13.8 Å². The average Bonchev–Trinajstić information content (AvgIpc) is 2.25. The zero-order valence-electron chi connectivity index (χ0n) is 9.86. The lowest BCUT2D eigenvalue weighted by Crippen LogP contribution is -2.17. The van der Waals surface area contributed by atoms with Crippen molar-refractivity contribution in [3.8, 4) is 0 Å². The number of rotatable bonds is 5. The smallest absolute Gasteiger partial charge is 0.335 e. The number of anilines is 1. The number of amides is 1. The fraction of sp³-hybridized carbons (Fsp3) is 0.333. The van der Waals surface area contributed by atoms with Gasteiger partial charge in [-0.15, -0.1) is 0 Å². The lowest BCUT2D eigenvalue weighted by atomic mass is 10.1. The summed E-state index contributed by atoms with van der Waals surface area (Å²) in [5.74, 6) is -1.23. The van der Waals surface area contributed by atoms with Gasteiger partial charge in [-0.2, -0.15) is 0 Å². The third kappa shape index (κ3) is 3.48. The SMILES string of the molecule is CC(C)CNc1cc(C(=O)O)ccc1C(N)=O. The van der Waals surface area contributed by atoms with Gasteiger partial charge in [0.1, 0.15) is 0 Å². The van der Waals surface area contributed by atoms with E-state index >= 15 is 0 Å². The normalized spacial score (nSPS) is 10.3. The maximum Gasteiger partial charge on any atom is 0.335 e. The second-order valence-corrected chi connectivity index (χ2v) is 4.20. The molecule has 0 aliphatic rings. The minimum atomic E-state index is -1.03. The van der Waals surface area contributed by atoms with Crippen LogP contribution in [-0.2, 0) is 0 Å². The van der Waals surface area contributed by atoms with Crippen LogP contribution in [0.15, 0.2) is 18.2 Å². The highest BCUT2D eigenvalue weighted by atomic mass is 16.4. The molecule has 0 aliphatic heterocycles. The number of carboxylic acids is 1. The molecule has 1 rings (SSSR count). The predicted molar refractivity (Wildman–Crippen MR) is 65.2 cm³/mol. The fourth-order valence-corrected chi connectivity index (χ4v) is 1.35. The molecule has 0 aromatic heterocycles. The lowest BCUT2D eigenvalue weighted by Gasteiger charge is -2.12. The van der Waals surface area contributed by atoms with Crippen LogP contribution in [0, 0.1) is 5.92 Å². The third-order valence-electron chi connectivity index (χ3n) is 2.23. The van der Waals surface area contributed by atoms with Crippen molar-refractivity contribution in [1.29, 1.82) is 0 Å². The standard InChI is InChI=1S/C12H16N2O3/c1-7(2)6-14-10-5-8(12(16)17)3-4-9(10)11(13)15/h3-5,7,14H,6H2,1-2H3,(H2,13,15)(H,16,17). The van der Waals surface area contributed by atoms with Crippen LogP contribution in [0.5, 0.6) is 0 Å². The summed E-state index contributed by atoms with van der Waals surface area (Å²) in [5.41, 5.74) is 6.11. The fourth-order valence-electron chi connectivity index (χ4n) is 1.35. The van der Waals surface area contributed by atoms with Crippen LogP contribution in [0.25, 0.3) is 0 Å². The Bertz CT molecular complexity index is 441. The Hall–Kier alpha value is -2.04. The van der Waals surface area contributed by atoms with E-state index in [1.54, 1.807) is 0 Å². The predicted octanol–water partition coefficient (Wildman–Crippen LogP) is 1.55. The Labute approximate surface area is 99.6 Å². The molecular weight excluding hydrogens is 220 g/mol. The van der Waals surface area contributed by atoms with E-state index in [2.05, 4.69) is 5.32 Å². The molecule has 92 valence electrons. The number of nitrogens with two attached hydrogens (primary N) is 1. The number of carbonyl (C=O) groups excluding carboxylic acids is 1. The minimum absolute atomic E-state index is 0.126. The van der Waals surface area contributed by atoms with Gasteiger partial charge in [-0.25, -0.2) is 4.79 Å². The molecule has 17 heavy (non-hydrogen) atoms. The van der Waals surface area contributed by atoms with Gasteiger partial charge in [0.05, 0.1) is 11.1 Å². The molecule has 0 fully saturated rings. The molecule has 0 unspecified atom stereocenters. The van der Waals surface area contributed by atoms with E-state index in [-0.39, 0.29) is 5.56 Å². The Morgan fingerprint density at radius 2 is 2.06 bits per heavy atom. The van der Waals surface area contributed by atoms with Crippen molar-refractivity contribution in [2.75, 3.05) is 11.9 Å². The van der Waals surface area contributed by atoms with E-state index < -0.39 is 11.9 Å². The van der Waals surface area contributed by atoms with Crippen LogP contribution in [0.2, 0.25) is 0 Å². The van der Waals surface area contributed by atoms with Gasteiger partial charge in [-0.3, -0.25) is 4.79 Å². The molecule has 0 spiro atoms. The zero-order valence-corrected chi connectivity index (χ0v) is 9.86. The van der Waals surface area contributed by atoms with E-state index in [0.717, 1.165) is 0 Å². The van der Waals surface area contributed by atoms with Crippen LogP contribution in [0.4, 0.5) is 5.69 Å². The van der Waals surface area contributed by atoms with E-state index in [0.29, 0.717) is 23.7 Å². The highest BCUT2D eigenvalue weighted by Crippen LogP contribution is 2.18. The molecule has 1 aromatic carbocycles. The van der Waals surface area contributed by atoms with E-state index in [9.17, 15) is 9.59 Å². The summed E-state index contributed by atoms with van der Waals surface area (Å²) in [6.45, 7) is 4.67. The van der Waals surface area contributed by atoms with Gasteiger partial charge < -0.3 is 16.2 Å². The van der Waals surface area contributed by atoms with Gasteiger partial charge in [0.2, 0.25) is 0 Å². The quantitative estimate of drug-likeness (QED) is 0.723. The summed E-state index contributed by atoms with van der Waals surface area (Å²) in [6.07, 6.45) is 0. The van der Waals surface area contributed by atoms with E-state index in [1.807, 2.05) is 13.8 Å². The Morgan fingerprint density at radius 1 is 1.41 bits per heavy atom. The number of aromatic carboxylic acids is 1. The Kier molecular flexibility index (Phi) is 4.09. The summed E-state index contributed by atoms with van der Waals surface area (Å²) in [5, 5.41) is 11.9. The van der Waals surface area contributed by atoms with Gasteiger partial charge in [-0.1, -0.05) is 13.8 Å². The van der Waals surface area contributed by atoms with Crippen molar-refractivity contribution in [1.82, 2.24) is 0 Å². The maximum atomic E-state index is 11.2. The van der Waals surface area contributed by atoms with Gasteiger partial charge in [0.25, 0.3) is 5.91 Å². The van der Waals surface area contributed by atoms with E-state index in [1.165, 1.54) is 18.2 Å². The third-order valence-corrected chi connectivity index (χ3v) is 2.23. The molecule has 0 atom stereocenters. The second-order valence-electron chi connectivity index (χ2n) is 4.20. The number of nitrogens with one attached hydrogen (secondary N) is 1. The second kappa shape index (κ2) is 5.34. The van der Waals surface area contributed by atoms with Gasteiger partial charge in [0.15, 0.2) is 0 Å². The van der Waals surface area contributed by atoms with Crippen LogP contribution in [-0.4, -0.2) is 23.5 Å². The number of hydrogen-bond donors (Lipinski definition) is 3. The first-order valence-electron chi connectivity index (χ1n) is 5.33. The Balaban J connectivity index is 3.07. The average molecular weight is 236 g/mol. The van der Waals surface area contributed by atoms with Crippen LogP contribution < -0.4 is 11.1 Å². The number of carbonyl (C=O) groups is 2. The van der Waals surface area contributed by atoms with Crippen molar-refractivity contribution in [3.63, 3.8) is 0 Å². The number of primary amides is 1. The minimum Gasteiger partial charge on any atom is -0.478 e. The molecule has 0 aliphatic carbocycles. The van der Waals surface area contributed by atoms with Crippen LogP contribution >= 0.6 is 0 Å². The largest absolute Gasteiger partial charge is 0.478 e. The number of benzene rings is 1. The van der Waals surface area contributed by atoms with Crippen molar-refractivity contribution < 1.29 is 14.7 Å². The molecular formula is C12H16N2O3. The zero-order chi connectivity index (χ0) is 13.0. The first-order chi connectivity index (χ1) is 7.91. The highest BCUT2D eigenvalue weighted by Gasteiger charge is 2.12. The summed E-state index contributed by atoms with van der Waals surface area (Å²) < 4.78 is 0. The van der Waals surface area contributed by atoms with Gasteiger partial charge in [0, 0.05) is 12.2 Å². The highest BCUT2D eigenvalue weighted by molar-refractivity contribution is 6.00. The first-order valence-corrected chi connectivity index (χ1v) is 5.33. The van der Waals surface area contributed by atoms with Crippen LogP contribution in [0.3, 0.4) is 0 Å². The molecule has 1 amide bonds. The molecule has 5 nitrogen and oxygen atoms in total. The summed E-state index contributed by atoms with van der Waals surface area (Å²) in [7, 11) is 0. The van der Waals surface area contributed by atoms with Crippen molar-refractivity contribution in [3.05, 3.63) is 29.3 Å². The van der Waals surface area contributed by atoms with E-state index in [4.69, 9.17) is 10.8 Å². The molecule has 1 aromatic rings. The summed E-state index contributed by atoms with van der Waals surface area (Å²) >= 11 is 0. The molecule has 0 radical (unpaired) electrons. The topological polar surface area (TPSA) is 92.4 Å². The van der Waals surface area contributed by atoms with Crippen LogP contribution in [0.1, 0.15) is 34.6 Å². The summed E-state index contributed by atoms with van der Waals surface area (Å²) in [4.78, 5) is 22.0. The monoisotopic (exact) mass is 236 g/mol. The summed E-state index contributed by atoms with van der Waals surface area (Å²) in [6, 6.07) is 4.21. The molecule has 5 heteroatoms. The van der Waals surface area contributed by atoms with Crippen molar-refractivity contribution >= 4 is 17.6 Å². The molecule has 0 bridgehead atoms. The Morgan fingerprint density at radius 3 is 2.53 bits per heavy atom. The van der Waals surface area contributed by atoms with Crippen molar-refractivity contribution in [2.24, 2.45) is 11.7 Å². The molecule has 0 saturated heterocycles. The first kappa shape index (κ1) is 13.0. The lowest BCUT2D eigenvalue weighted by molar-refractivity contribution is 0.0696. The van der Waals surface area contributed by atoms with Gasteiger partial charge >= 0.3 is 5.97 Å². The number of carboxylic acid groups (broad SMARTS) is 1. The maximum absolute atomic E-state index is 11.2.